The largest absolute Gasteiger partial charge is 0.508 e. The molecule has 31 heavy (non-hydrogen) atoms. The lowest BCUT2D eigenvalue weighted by Gasteiger charge is -2.34. The summed E-state index contributed by atoms with van der Waals surface area (Å²) in [7, 11) is 0. The van der Waals surface area contributed by atoms with Crippen LogP contribution in [0.2, 0.25) is 0 Å². The van der Waals surface area contributed by atoms with E-state index in [2.05, 4.69) is 17.1 Å². The second kappa shape index (κ2) is 7.95. The van der Waals surface area contributed by atoms with Gasteiger partial charge in [0.1, 0.15) is 5.75 Å². The van der Waals surface area contributed by atoms with Crippen molar-refractivity contribution < 1.29 is 15.0 Å². The van der Waals surface area contributed by atoms with Gasteiger partial charge in [0.05, 0.1) is 0 Å². The fourth-order valence-electron chi connectivity index (χ4n) is 5.98. The lowest BCUT2D eigenvalue weighted by Crippen LogP contribution is -2.51. The van der Waals surface area contributed by atoms with E-state index >= 15 is 0 Å². The number of aromatic hydroxyl groups is 1. The number of rotatable bonds is 6. The van der Waals surface area contributed by atoms with Gasteiger partial charge in [-0.3, -0.25) is 9.69 Å². The number of carbonyl (C=O) groups is 1. The molecule has 5 atom stereocenters. The van der Waals surface area contributed by atoms with Crippen molar-refractivity contribution in [3.05, 3.63) is 65.7 Å². The van der Waals surface area contributed by atoms with Crippen LogP contribution in [-0.2, 0) is 10.4 Å². The van der Waals surface area contributed by atoms with Crippen LogP contribution in [0, 0.1) is 17.8 Å². The van der Waals surface area contributed by atoms with Gasteiger partial charge < -0.3 is 15.5 Å². The molecule has 0 spiro atoms. The third-order valence-electron chi connectivity index (χ3n) is 7.96. The molecule has 0 aromatic heterocycles. The van der Waals surface area contributed by atoms with Crippen molar-refractivity contribution in [1.29, 1.82) is 0 Å². The number of piperidine rings is 1. The number of hydrogen-bond donors (Lipinski definition) is 3. The van der Waals surface area contributed by atoms with E-state index in [0.29, 0.717) is 23.1 Å². The Morgan fingerprint density at radius 1 is 1.03 bits per heavy atom. The second-order valence-corrected chi connectivity index (χ2v) is 9.63. The number of likely N-dealkylation sites (tertiary alicyclic amines) is 1. The topological polar surface area (TPSA) is 72.8 Å². The quantitative estimate of drug-likeness (QED) is 0.668. The van der Waals surface area contributed by atoms with Crippen LogP contribution in [0.15, 0.2) is 54.6 Å². The maximum Gasteiger partial charge on any atom is 0.257 e. The molecule has 0 bridgehead atoms. The van der Waals surface area contributed by atoms with Gasteiger partial charge in [-0.25, -0.2) is 0 Å². The minimum absolute atomic E-state index is 0.0222. The Labute approximate surface area is 184 Å². The standard InChI is InChI=1S/C26H32N2O3/c1-17(20-13-7-8-14-23(20)29)28-15-21-22(16-28)24(21)27-25(30)26(31,19-11-5-6-12-19)18-9-3-2-4-10-18/h2-4,7-10,13-14,17,19,21-22,24,29,31H,5-6,11-12,15-16H2,1H3,(H,27,30)/t17?,21-,22?,24+,26?/m0/s1. The minimum Gasteiger partial charge on any atom is -0.508 e. The highest BCUT2D eigenvalue weighted by molar-refractivity contribution is 5.87. The molecule has 1 aliphatic heterocycles. The fraction of sp³-hybridized carbons (Fsp3) is 0.500. The number of fused-ring (bicyclic) bond motifs is 1. The summed E-state index contributed by atoms with van der Waals surface area (Å²) in [4.78, 5) is 15.8. The number of aliphatic hydroxyl groups is 1. The van der Waals surface area contributed by atoms with Crippen LogP contribution in [0.1, 0.15) is 49.8 Å². The first-order valence-corrected chi connectivity index (χ1v) is 11.6. The maximum absolute atomic E-state index is 13.4. The Morgan fingerprint density at radius 2 is 1.65 bits per heavy atom. The molecule has 1 saturated heterocycles. The highest BCUT2D eigenvalue weighted by atomic mass is 16.3. The van der Waals surface area contributed by atoms with Crippen molar-refractivity contribution in [2.75, 3.05) is 13.1 Å². The van der Waals surface area contributed by atoms with Gasteiger partial charge in [-0.2, -0.15) is 0 Å². The molecule has 1 amide bonds. The molecule has 2 saturated carbocycles. The molecule has 3 aliphatic rings. The van der Waals surface area contributed by atoms with E-state index in [0.717, 1.165) is 44.3 Å². The van der Waals surface area contributed by atoms with Crippen molar-refractivity contribution in [2.45, 2.75) is 50.3 Å². The maximum atomic E-state index is 13.4. The molecule has 1 heterocycles. The van der Waals surface area contributed by atoms with Gasteiger partial charge >= 0.3 is 0 Å². The summed E-state index contributed by atoms with van der Waals surface area (Å²) in [5.41, 5.74) is 0.210. The molecule has 5 nitrogen and oxygen atoms in total. The second-order valence-electron chi connectivity index (χ2n) is 9.63. The van der Waals surface area contributed by atoms with E-state index in [-0.39, 0.29) is 23.9 Å². The third-order valence-corrected chi connectivity index (χ3v) is 7.96. The first-order valence-electron chi connectivity index (χ1n) is 11.6. The number of phenols is 1. The third kappa shape index (κ3) is 3.54. The van der Waals surface area contributed by atoms with Crippen LogP contribution in [0.25, 0.3) is 0 Å². The lowest BCUT2D eigenvalue weighted by molar-refractivity contribution is -0.147. The summed E-state index contributed by atoms with van der Waals surface area (Å²) >= 11 is 0. The molecule has 3 N–H and O–H groups in total. The normalized spacial score (nSPS) is 28.6. The van der Waals surface area contributed by atoms with E-state index in [4.69, 9.17) is 0 Å². The Morgan fingerprint density at radius 3 is 2.29 bits per heavy atom. The average molecular weight is 421 g/mol. The number of hydrogen-bond acceptors (Lipinski definition) is 4. The van der Waals surface area contributed by atoms with Gasteiger partial charge in [0.15, 0.2) is 5.60 Å². The number of benzene rings is 2. The molecule has 0 radical (unpaired) electrons. The minimum atomic E-state index is -1.45. The predicted octanol–water partition coefficient (Wildman–Crippen LogP) is 3.58. The van der Waals surface area contributed by atoms with Gasteiger partial charge in [0, 0.05) is 36.7 Å². The fourth-order valence-corrected chi connectivity index (χ4v) is 5.98. The molecular formula is C26H32N2O3. The summed E-state index contributed by atoms with van der Waals surface area (Å²) in [6.07, 6.45) is 3.92. The SMILES string of the molecule is CC(c1ccccc1O)N1CC2[C@H](C1)[C@H]2NC(=O)C(O)(c1ccccc1)C1CCCC1. The predicted molar refractivity (Wildman–Crippen MR) is 119 cm³/mol. The Kier molecular flexibility index (Phi) is 5.27. The van der Waals surface area contributed by atoms with Crippen molar-refractivity contribution >= 4 is 5.91 Å². The number of amides is 1. The number of para-hydroxylation sites is 1. The van der Waals surface area contributed by atoms with Crippen molar-refractivity contribution in [1.82, 2.24) is 10.2 Å². The van der Waals surface area contributed by atoms with Gasteiger partial charge in [-0.1, -0.05) is 61.4 Å². The number of carbonyl (C=O) groups excluding carboxylic acids is 1. The number of nitrogens with one attached hydrogen (secondary N) is 1. The van der Waals surface area contributed by atoms with Crippen LogP contribution < -0.4 is 5.32 Å². The highest BCUT2D eigenvalue weighted by Gasteiger charge is 2.59. The summed E-state index contributed by atoms with van der Waals surface area (Å²) < 4.78 is 0. The van der Waals surface area contributed by atoms with E-state index in [1.165, 1.54) is 0 Å². The highest BCUT2D eigenvalue weighted by Crippen LogP contribution is 2.49. The monoisotopic (exact) mass is 420 g/mol. The zero-order valence-electron chi connectivity index (χ0n) is 18.1. The molecule has 3 unspecified atom stereocenters. The lowest BCUT2D eigenvalue weighted by atomic mass is 9.79. The molecule has 2 aromatic rings. The van der Waals surface area contributed by atoms with Gasteiger partial charge in [-0.15, -0.1) is 0 Å². The number of nitrogens with zero attached hydrogens (tertiary/aromatic N) is 1. The molecular weight excluding hydrogens is 388 g/mol. The Balaban J connectivity index is 1.25. The van der Waals surface area contributed by atoms with Crippen LogP contribution >= 0.6 is 0 Å². The number of phenolic OH excluding ortho intramolecular Hbond substituents is 1. The average Bonchev–Trinajstić information content (AvgIpc) is 3.20. The smallest absolute Gasteiger partial charge is 0.257 e. The van der Waals surface area contributed by atoms with Crippen LogP contribution in [-0.4, -0.2) is 40.2 Å². The van der Waals surface area contributed by atoms with E-state index < -0.39 is 5.60 Å². The van der Waals surface area contributed by atoms with Gasteiger partial charge in [0.25, 0.3) is 5.91 Å². The summed E-state index contributed by atoms with van der Waals surface area (Å²) in [6, 6.07) is 17.3. The molecule has 164 valence electrons. The van der Waals surface area contributed by atoms with E-state index in [1.54, 1.807) is 6.07 Å². The van der Waals surface area contributed by atoms with Gasteiger partial charge in [0.2, 0.25) is 0 Å². The zero-order valence-corrected chi connectivity index (χ0v) is 18.1. The molecule has 5 rings (SSSR count). The van der Waals surface area contributed by atoms with Crippen LogP contribution in [0.3, 0.4) is 0 Å². The molecule has 2 aromatic carbocycles. The van der Waals surface area contributed by atoms with Crippen LogP contribution in [0.4, 0.5) is 0 Å². The van der Waals surface area contributed by atoms with Crippen molar-refractivity contribution in [2.24, 2.45) is 17.8 Å². The Hall–Kier alpha value is -2.37. The van der Waals surface area contributed by atoms with E-state index in [9.17, 15) is 15.0 Å². The first-order chi connectivity index (χ1) is 15.0. The summed E-state index contributed by atoms with van der Waals surface area (Å²) in [5.74, 6) is 0.919. The van der Waals surface area contributed by atoms with Gasteiger partial charge in [-0.05, 0) is 43.2 Å². The molecule has 5 heteroatoms. The summed E-state index contributed by atoms with van der Waals surface area (Å²) in [5, 5.41) is 25.1. The van der Waals surface area contributed by atoms with Crippen molar-refractivity contribution in [3.8, 4) is 5.75 Å². The molecule has 3 fully saturated rings. The molecule has 2 aliphatic carbocycles. The summed E-state index contributed by atoms with van der Waals surface area (Å²) in [6.45, 7) is 3.93. The van der Waals surface area contributed by atoms with E-state index in [1.807, 2.05) is 48.5 Å². The van der Waals surface area contributed by atoms with Crippen molar-refractivity contribution in [3.63, 3.8) is 0 Å². The van der Waals surface area contributed by atoms with Crippen LogP contribution in [0.5, 0.6) is 5.75 Å². The zero-order chi connectivity index (χ0) is 21.6. The Bertz CT molecular complexity index is 931. The first kappa shape index (κ1) is 20.5.